The molecule has 0 atom stereocenters. The van der Waals surface area contributed by atoms with Crippen molar-refractivity contribution in [1.82, 2.24) is 14.8 Å². The number of pyridine rings is 1. The second kappa shape index (κ2) is 7.11. The number of aryl methyl sites for hydroxylation is 1. The van der Waals surface area contributed by atoms with Crippen molar-refractivity contribution in [3.63, 3.8) is 0 Å². The minimum Gasteiger partial charge on any atom is -0.336 e. The van der Waals surface area contributed by atoms with E-state index in [1.165, 1.54) is 0 Å². The number of carbonyl (C=O) groups is 1. The largest absolute Gasteiger partial charge is 0.336 e. The first-order valence-electron chi connectivity index (χ1n) is 6.56. The molecule has 0 aliphatic carbocycles. The smallest absolute Gasteiger partial charge is 0.255 e. The van der Waals surface area contributed by atoms with E-state index in [1.807, 2.05) is 31.7 Å². The number of aromatic nitrogens is 1. The van der Waals surface area contributed by atoms with E-state index in [9.17, 15) is 4.79 Å². The summed E-state index contributed by atoms with van der Waals surface area (Å²) in [5, 5.41) is 0. The highest BCUT2D eigenvalue weighted by atomic mass is 16.2. The van der Waals surface area contributed by atoms with Gasteiger partial charge in [-0.1, -0.05) is 13.8 Å². The summed E-state index contributed by atoms with van der Waals surface area (Å²) in [6, 6.07) is 1.90. The fraction of sp³-hybridized carbons (Fsp3) is 0.571. The Kier molecular flexibility index (Phi) is 5.78. The number of likely N-dealkylation sites (N-methyl/N-ethyl adjacent to an activating group) is 1. The van der Waals surface area contributed by atoms with Crippen molar-refractivity contribution in [3.05, 3.63) is 29.6 Å². The topological polar surface area (TPSA) is 36.4 Å². The maximum absolute atomic E-state index is 12.1. The zero-order valence-electron chi connectivity index (χ0n) is 11.8. The molecule has 4 nitrogen and oxygen atoms in total. The number of carbonyl (C=O) groups excluding carboxylic acids is 1. The van der Waals surface area contributed by atoms with E-state index in [4.69, 9.17) is 0 Å². The summed E-state index contributed by atoms with van der Waals surface area (Å²) < 4.78 is 0. The predicted molar refractivity (Wildman–Crippen MR) is 73.7 cm³/mol. The lowest BCUT2D eigenvalue weighted by Gasteiger charge is -2.32. The third kappa shape index (κ3) is 3.81. The molecule has 18 heavy (non-hydrogen) atoms. The van der Waals surface area contributed by atoms with Gasteiger partial charge >= 0.3 is 0 Å². The summed E-state index contributed by atoms with van der Waals surface area (Å²) in [6.07, 6.45) is 3.41. The number of piperazine rings is 1. The molecule has 1 aromatic rings. The molecule has 1 fully saturated rings. The van der Waals surface area contributed by atoms with E-state index in [2.05, 4.69) is 16.9 Å². The van der Waals surface area contributed by atoms with Gasteiger partial charge in [0.15, 0.2) is 0 Å². The molecule has 2 heterocycles. The van der Waals surface area contributed by atoms with Crippen molar-refractivity contribution in [2.24, 2.45) is 0 Å². The molecular weight excluding hydrogens is 226 g/mol. The Hall–Kier alpha value is -1.42. The van der Waals surface area contributed by atoms with Crippen LogP contribution in [0.15, 0.2) is 18.5 Å². The third-order valence-corrected chi connectivity index (χ3v) is 2.91. The number of hydrogen-bond acceptors (Lipinski definition) is 3. The zero-order chi connectivity index (χ0) is 13.5. The minimum absolute atomic E-state index is 0.101. The quantitative estimate of drug-likeness (QED) is 0.761. The van der Waals surface area contributed by atoms with Crippen LogP contribution in [0.1, 0.15) is 29.8 Å². The van der Waals surface area contributed by atoms with E-state index in [0.29, 0.717) is 5.56 Å². The highest BCUT2D eigenvalue weighted by Gasteiger charge is 2.20. The van der Waals surface area contributed by atoms with Crippen LogP contribution in [0.3, 0.4) is 0 Å². The molecule has 1 amide bonds. The fourth-order valence-corrected chi connectivity index (χ4v) is 1.86. The lowest BCUT2D eigenvalue weighted by molar-refractivity contribution is 0.0663. The Morgan fingerprint density at radius 1 is 1.17 bits per heavy atom. The van der Waals surface area contributed by atoms with Crippen LogP contribution in [0.2, 0.25) is 0 Å². The summed E-state index contributed by atoms with van der Waals surface area (Å²) in [6.45, 7) is 9.47. The zero-order valence-corrected chi connectivity index (χ0v) is 11.8. The van der Waals surface area contributed by atoms with Crippen LogP contribution in [0.4, 0.5) is 0 Å². The monoisotopic (exact) mass is 249 g/mol. The van der Waals surface area contributed by atoms with Gasteiger partial charge in [0, 0.05) is 38.6 Å². The molecule has 0 spiro atoms. The van der Waals surface area contributed by atoms with Crippen molar-refractivity contribution < 1.29 is 4.79 Å². The van der Waals surface area contributed by atoms with Gasteiger partial charge in [0.05, 0.1) is 5.56 Å². The van der Waals surface area contributed by atoms with Crippen molar-refractivity contribution >= 4 is 5.91 Å². The maximum atomic E-state index is 12.1. The standard InChI is InChI=1S/C12H17N3O.C2H6/c1-10-7-11(9-13-8-10)12(16)15-5-3-14(2)4-6-15;1-2/h7-9H,3-6H2,1-2H3;1-2H3. The van der Waals surface area contributed by atoms with Crippen molar-refractivity contribution in [2.75, 3.05) is 33.2 Å². The van der Waals surface area contributed by atoms with Gasteiger partial charge in [0.1, 0.15) is 0 Å². The summed E-state index contributed by atoms with van der Waals surface area (Å²) in [5.41, 5.74) is 1.73. The van der Waals surface area contributed by atoms with Crippen molar-refractivity contribution in [1.29, 1.82) is 0 Å². The molecule has 2 rings (SSSR count). The Bertz CT molecular complexity index is 384. The first kappa shape index (κ1) is 14.6. The van der Waals surface area contributed by atoms with E-state index in [1.54, 1.807) is 12.4 Å². The summed E-state index contributed by atoms with van der Waals surface area (Å²) in [4.78, 5) is 20.3. The van der Waals surface area contributed by atoms with Gasteiger partial charge in [-0.25, -0.2) is 0 Å². The number of amides is 1. The molecule has 100 valence electrons. The Morgan fingerprint density at radius 3 is 2.33 bits per heavy atom. The molecule has 1 aliphatic heterocycles. The predicted octanol–water partition coefficient (Wildman–Crippen LogP) is 1.80. The lowest BCUT2D eigenvalue weighted by atomic mass is 10.2. The van der Waals surface area contributed by atoms with Gasteiger partial charge in [0.2, 0.25) is 0 Å². The normalized spacial score (nSPS) is 15.9. The molecule has 0 aromatic carbocycles. The van der Waals surface area contributed by atoms with E-state index in [0.717, 1.165) is 31.7 Å². The highest BCUT2D eigenvalue weighted by Crippen LogP contribution is 2.08. The molecule has 1 saturated heterocycles. The summed E-state index contributed by atoms with van der Waals surface area (Å²) in [7, 11) is 2.08. The maximum Gasteiger partial charge on any atom is 0.255 e. The molecule has 1 aliphatic rings. The first-order chi connectivity index (χ1) is 8.66. The van der Waals surface area contributed by atoms with Gasteiger partial charge in [0.25, 0.3) is 5.91 Å². The average molecular weight is 249 g/mol. The number of rotatable bonds is 1. The molecular formula is C14H23N3O. The minimum atomic E-state index is 0.101. The SMILES string of the molecule is CC.Cc1cncc(C(=O)N2CCN(C)CC2)c1. The highest BCUT2D eigenvalue weighted by molar-refractivity contribution is 5.94. The van der Waals surface area contributed by atoms with Gasteiger partial charge < -0.3 is 9.80 Å². The molecule has 4 heteroatoms. The van der Waals surface area contributed by atoms with Crippen LogP contribution in [-0.2, 0) is 0 Å². The van der Waals surface area contributed by atoms with Crippen LogP contribution >= 0.6 is 0 Å². The summed E-state index contributed by atoms with van der Waals surface area (Å²) >= 11 is 0. The van der Waals surface area contributed by atoms with E-state index < -0.39 is 0 Å². The first-order valence-corrected chi connectivity index (χ1v) is 6.56. The summed E-state index contributed by atoms with van der Waals surface area (Å²) in [5.74, 6) is 0.101. The molecule has 0 unspecified atom stereocenters. The number of hydrogen-bond donors (Lipinski definition) is 0. The van der Waals surface area contributed by atoms with Gasteiger partial charge in [-0.2, -0.15) is 0 Å². The lowest BCUT2D eigenvalue weighted by Crippen LogP contribution is -2.47. The Balaban J connectivity index is 0.000000771. The van der Waals surface area contributed by atoms with Crippen LogP contribution in [0, 0.1) is 6.92 Å². The Morgan fingerprint density at radius 2 is 1.78 bits per heavy atom. The molecule has 0 saturated carbocycles. The number of nitrogens with zero attached hydrogens (tertiary/aromatic N) is 3. The average Bonchev–Trinajstić information content (AvgIpc) is 2.41. The second-order valence-corrected chi connectivity index (χ2v) is 4.35. The van der Waals surface area contributed by atoms with Crippen LogP contribution in [0.5, 0.6) is 0 Å². The third-order valence-electron chi connectivity index (χ3n) is 2.91. The van der Waals surface area contributed by atoms with Gasteiger partial charge in [-0.15, -0.1) is 0 Å². The molecule has 0 radical (unpaired) electrons. The second-order valence-electron chi connectivity index (χ2n) is 4.35. The van der Waals surface area contributed by atoms with Crippen molar-refractivity contribution in [3.8, 4) is 0 Å². The van der Waals surface area contributed by atoms with E-state index >= 15 is 0 Å². The molecule has 0 N–H and O–H groups in total. The van der Waals surface area contributed by atoms with Crippen molar-refractivity contribution in [2.45, 2.75) is 20.8 Å². The van der Waals surface area contributed by atoms with E-state index in [-0.39, 0.29) is 5.91 Å². The Labute approximate surface area is 110 Å². The fourth-order valence-electron chi connectivity index (χ4n) is 1.86. The van der Waals surface area contributed by atoms with Crippen LogP contribution < -0.4 is 0 Å². The van der Waals surface area contributed by atoms with Crippen LogP contribution in [-0.4, -0.2) is 53.9 Å². The van der Waals surface area contributed by atoms with Gasteiger partial charge in [-0.3, -0.25) is 9.78 Å². The van der Waals surface area contributed by atoms with Crippen LogP contribution in [0.25, 0.3) is 0 Å². The van der Waals surface area contributed by atoms with Gasteiger partial charge in [-0.05, 0) is 25.6 Å². The molecule has 1 aromatic heterocycles. The molecule has 0 bridgehead atoms.